The van der Waals surface area contributed by atoms with Crippen molar-refractivity contribution in [3.05, 3.63) is 11.9 Å². The minimum atomic E-state index is 0.592. The molecule has 1 rings (SSSR count). The lowest BCUT2D eigenvalue weighted by atomic mass is 10.5. The molecule has 0 unspecified atom stereocenters. The van der Waals surface area contributed by atoms with E-state index in [0.29, 0.717) is 11.2 Å². The minimum Gasteiger partial charge on any atom is -0.369 e. The quantitative estimate of drug-likeness (QED) is 0.778. The van der Waals surface area contributed by atoms with Crippen molar-refractivity contribution in [1.82, 2.24) is 9.55 Å². The largest absolute Gasteiger partial charge is 0.369 e. The maximum absolute atomic E-state index is 5.59. The molecule has 1 heterocycles. The molecule has 1 aromatic rings. The first kappa shape index (κ1) is 9.45. The summed E-state index contributed by atoms with van der Waals surface area (Å²) in [6, 6.07) is 0. The van der Waals surface area contributed by atoms with Gasteiger partial charge in [-0.05, 0) is 5.25 Å². The van der Waals surface area contributed by atoms with Gasteiger partial charge in [0.05, 0.1) is 6.20 Å². The lowest BCUT2D eigenvalue weighted by Gasteiger charge is -2.05. The van der Waals surface area contributed by atoms with Crippen LogP contribution in [0, 0.1) is 0 Å². The van der Waals surface area contributed by atoms with Crippen LogP contribution in [-0.2, 0) is 12.8 Å². The second-order valence-electron chi connectivity index (χ2n) is 3.03. The Morgan fingerprint density at radius 3 is 2.75 bits per heavy atom. The highest BCUT2D eigenvalue weighted by Crippen LogP contribution is 2.17. The van der Waals surface area contributed by atoms with Gasteiger partial charge in [-0.25, -0.2) is 4.98 Å². The average molecular weight is 185 g/mol. The monoisotopic (exact) mass is 185 g/mol. The Balaban J connectivity index is 2.58. The van der Waals surface area contributed by atoms with Gasteiger partial charge in [0.2, 0.25) is 0 Å². The van der Waals surface area contributed by atoms with E-state index in [9.17, 15) is 0 Å². The molecule has 0 aromatic carbocycles. The number of aromatic nitrogens is 2. The number of hydrogen-bond donors (Lipinski definition) is 1. The van der Waals surface area contributed by atoms with Crippen LogP contribution < -0.4 is 5.73 Å². The summed E-state index contributed by atoms with van der Waals surface area (Å²) in [5.41, 5.74) is 6.78. The van der Waals surface area contributed by atoms with Crippen molar-refractivity contribution in [2.24, 2.45) is 7.05 Å². The molecule has 0 saturated heterocycles. The zero-order valence-electron chi connectivity index (χ0n) is 7.74. The molecule has 0 radical (unpaired) electrons. The lowest BCUT2D eigenvalue weighted by molar-refractivity contribution is 0.880. The van der Waals surface area contributed by atoms with Gasteiger partial charge in [0.1, 0.15) is 0 Å². The molecule has 4 heteroatoms. The van der Waals surface area contributed by atoms with E-state index in [1.165, 1.54) is 5.69 Å². The van der Waals surface area contributed by atoms with E-state index in [1.54, 1.807) is 0 Å². The SMILES string of the molecule is CC(C)SCc1cnc(N)n1C. The van der Waals surface area contributed by atoms with Crippen molar-refractivity contribution in [3.63, 3.8) is 0 Å². The van der Waals surface area contributed by atoms with Crippen LogP contribution in [-0.4, -0.2) is 14.8 Å². The van der Waals surface area contributed by atoms with Crippen molar-refractivity contribution >= 4 is 17.7 Å². The summed E-state index contributed by atoms with van der Waals surface area (Å²) in [7, 11) is 1.94. The van der Waals surface area contributed by atoms with Gasteiger partial charge in [-0.1, -0.05) is 13.8 Å². The summed E-state index contributed by atoms with van der Waals surface area (Å²) in [5, 5.41) is 0.654. The Hall–Kier alpha value is -0.640. The van der Waals surface area contributed by atoms with Gasteiger partial charge in [-0.2, -0.15) is 11.8 Å². The van der Waals surface area contributed by atoms with E-state index in [1.807, 2.05) is 29.6 Å². The fourth-order valence-corrected chi connectivity index (χ4v) is 1.62. The average Bonchev–Trinajstić information content (AvgIpc) is 2.30. The molecule has 12 heavy (non-hydrogen) atoms. The number of imidazole rings is 1. The summed E-state index contributed by atoms with van der Waals surface area (Å²) in [6.45, 7) is 4.37. The molecule has 0 spiro atoms. The molecule has 0 aliphatic carbocycles. The molecule has 0 bridgehead atoms. The van der Waals surface area contributed by atoms with Crippen LogP contribution in [0.4, 0.5) is 5.95 Å². The maximum atomic E-state index is 5.59. The summed E-state index contributed by atoms with van der Waals surface area (Å²) in [5.74, 6) is 1.58. The third-order valence-corrected chi connectivity index (χ3v) is 2.81. The van der Waals surface area contributed by atoms with Crippen LogP contribution in [0.15, 0.2) is 6.20 Å². The number of thioether (sulfide) groups is 1. The van der Waals surface area contributed by atoms with Crippen LogP contribution in [0.1, 0.15) is 19.5 Å². The molecular formula is C8H15N3S. The van der Waals surface area contributed by atoms with Crippen LogP contribution in [0.3, 0.4) is 0 Å². The first-order valence-corrected chi connectivity index (χ1v) is 5.03. The number of hydrogen-bond acceptors (Lipinski definition) is 3. The standard InChI is InChI=1S/C8H15N3S/c1-6(2)12-5-7-4-10-8(9)11(7)3/h4,6H,5H2,1-3H3,(H2,9,10). The molecule has 0 saturated carbocycles. The van der Waals surface area contributed by atoms with Gasteiger partial charge >= 0.3 is 0 Å². The molecule has 0 fully saturated rings. The van der Waals surface area contributed by atoms with Crippen molar-refractivity contribution in [3.8, 4) is 0 Å². The smallest absolute Gasteiger partial charge is 0.200 e. The van der Waals surface area contributed by atoms with E-state index in [2.05, 4.69) is 18.8 Å². The first-order valence-electron chi connectivity index (χ1n) is 3.99. The zero-order chi connectivity index (χ0) is 9.14. The number of anilines is 1. The Morgan fingerprint density at radius 2 is 2.33 bits per heavy atom. The molecule has 3 nitrogen and oxygen atoms in total. The molecule has 2 N–H and O–H groups in total. The van der Waals surface area contributed by atoms with Gasteiger partial charge in [0, 0.05) is 18.5 Å². The van der Waals surface area contributed by atoms with Crippen LogP contribution in [0.5, 0.6) is 0 Å². The maximum Gasteiger partial charge on any atom is 0.200 e. The second kappa shape index (κ2) is 3.85. The second-order valence-corrected chi connectivity index (χ2v) is 4.59. The summed E-state index contributed by atoms with van der Waals surface area (Å²) >= 11 is 1.90. The highest BCUT2D eigenvalue weighted by molar-refractivity contribution is 7.99. The van der Waals surface area contributed by atoms with E-state index in [0.717, 1.165) is 5.75 Å². The number of nitrogens with two attached hydrogens (primary N) is 1. The Labute approximate surface area is 77.4 Å². The fraction of sp³-hybridized carbons (Fsp3) is 0.625. The molecular weight excluding hydrogens is 170 g/mol. The lowest BCUT2D eigenvalue weighted by Crippen LogP contribution is -2.01. The minimum absolute atomic E-state index is 0.592. The molecule has 68 valence electrons. The molecule has 0 aliphatic rings. The van der Waals surface area contributed by atoms with Crippen LogP contribution in [0.2, 0.25) is 0 Å². The van der Waals surface area contributed by atoms with Crippen molar-refractivity contribution < 1.29 is 0 Å². The fourth-order valence-electron chi connectivity index (χ4n) is 0.847. The van der Waals surface area contributed by atoms with E-state index in [-0.39, 0.29) is 0 Å². The normalized spacial score (nSPS) is 11.0. The molecule has 1 aromatic heterocycles. The van der Waals surface area contributed by atoms with Crippen LogP contribution in [0.25, 0.3) is 0 Å². The van der Waals surface area contributed by atoms with Gasteiger partial charge in [-0.15, -0.1) is 0 Å². The van der Waals surface area contributed by atoms with E-state index >= 15 is 0 Å². The number of rotatable bonds is 3. The summed E-state index contributed by atoms with van der Waals surface area (Å²) in [4.78, 5) is 4.02. The van der Waals surface area contributed by atoms with Crippen LogP contribution >= 0.6 is 11.8 Å². The zero-order valence-corrected chi connectivity index (χ0v) is 8.56. The predicted molar refractivity (Wildman–Crippen MR) is 54.1 cm³/mol. The van der Waals surface area contributed by atoms with Gasteiger partial charge < -0.3 is 10.3 Å². The van der Waals surface area contributed by atoms with Gasteiger partial charge in [0.25, 0.3) is 0 Å². The highest BCUT2D eigenvalue weighted by Gasteiger charge is 2.03. The van der Waals surface area contributed by atoms with Crippen molar-refractivity contribution in [1.29, 1.82) is 0 Å². The topological polar surface area (TPSA) is 43.8 Å². The third kappa shape index (κ3) is 2.17. The molecule has 0 atom stereocenters. The van der Waals surface area contributed by atoms with E-state index < -0.39 is 0 Å². The Morgan fingerprint density at radius 1 is 1.67 bits per heavy atom. The Kier molecular flexibility index (Phi) is 3.03. The molecule has 0 aliphatic heterocycles. The first-order chi connectivity index (χ1) is 5.61. The van der Waals surface area contributed by atoms with Gasteiger partial charge in [-0.3, -0.25) is 0 Å². The third-order valence-electron chi connectivity index (χ3n) is 1.68. The number of nitrogen functional groups attached to an aromatic ring is 1. The Bertz CT molecular complexity index is 255. The van der Waals surface area contributed by atoms with Crippen molar-refractivity contribution in [2.75, 3.05) is 5.73 Å². The highest BCUT2D eigenvalue weighted by atomic mass is 32.2. The summed E-state index contributed by atoms with van der Waals surface area (Å²) < 4.78 is 1.93. The summed E-state index contributed by atoms with van der Waals surface area (Å²) in [6.07, 6.45) is 1.84. The van der Waals surface area contributed by atoms with E-state index in [4.69, 9.17) is 5.73 Å². The molecule has 0 amide bonds. The number of nitrogens with zero attached hydrogens (tertiary/aromatic N) is 2. The van der Waals surface area contributed by atoms with Gasteiger partial charge in [0.15, 0.2) is 5.95 Å². The van der Waals surface area contributed by atoms with Crippen molar-refractivity contribution in [2.45, 2.75) is 24.9 Å². The predicted octanol–water partition coefficient (Wildman–Crippen LogP) is 1.64.